The molecule has 0 fully saturated rings. The van der Waals surface area contributed by atoms with Crippen LogP contribution in [0.5, 0.6) is 0 Å². The van der Waals surface area contributed by atoms with Gasteiger partial charge in [0.1, 0.15) is 0 Å². The Hall–Kier alpha value is -0.580. The number of nitrogens with zero attached hydrogens (tertiary/aromatic N) is 2. The molecule has 0 saturated heterocycles. The molecule has 0 bridgehead atoms. The van der Waals surface area contributed by atoms with Gasteiger partial charge in [-0.05, 0) is 27.3 Å². The fraction of sp³-hybridized carbons (Fsp3) is 0.769. The molecule has 0 saturated carbocycles. The summed E-state index contributed by atoms with van der Waals surface area (Å²) in [7, 11) is 1.93. The first kappa shape index (κ1) is 15.5. The van der Waals surface area contributed by atoms with E-state index in [0.717, 1.165) is 29.4 Å². The third kappa shape index (κ3) is 4.26. The van der Waals surface area contributed by atoms with Crippen molar-refractivity contribution in [1.29, 1.82) is 0 Å². The molecular formula is C13H24ClN3O. The van der Waals surface area contributed by atoms with Crippen LogP contribution in [0, 0.1) is 6.92 Å². The minimum absolute atomic E-state index is 0.245. The van der Waals surface area contributed by atoms with Gasteiger partial charge in [-0.1, -0.05) is 18.5 Å². The molecule has 0 aliphatic rings. The smallest absolute Gasteiger partial charge is 0.0847 e. The zero-order valence-corrected chi connectivity index (χ0v) is 12.7. The molecular weight excluding hydrogens is 250 g/mol. The Morgan fingerprint density at radius 3 is 2.56 bits per heavy atom. The summed E-state index contributed by atoms with van der Waals surface area (Å²) in [5.41, 5.74) is 1.95. The van der Waals surface area contributed by atoms with Crippen LogP contribution in [0.4, 0.5) is 0 Å². The van der Waals surface area contributed by atoms with E-state index >= 15 is 0 Å². The molecule has 1 N–H and O–H groups in total. The van der Waals surface area contributed by atoms with E-state index in [1.165, 1.54) is 0 Å². The van der Waals surface area contributed by atoms with Crippen molar-refractivity contribution in [1.82, 2.24) is 15.1 Å². The molecule has 0 aromatic carbocycles. The minimum Gasteiger partial charge on any atom is -0.377 e. The predicted molar refractivity (Wildman–Crippen MR) is 75.2 cm³/mol. The Balaban J connectivity index is 2.70. The van der Waals surface area contributed by atoms with E-state index in [1.54, 1.807) is 0 Å². The van der Waals surface area contributed by atoms with Crippen LogP contribution >= 0.6 is 11.6 Å². The van der Waals surface area contributed by atoms with Crippen molar-refractivity contribution in [3.63, 3.8) is 0 Å². The van der Waals surface area contributed by atoms with Crippen LogP contribution in [0.2, 0.25) is 5.02 Å². The summed E-state index contributed by atoms with van der Waals surface area (Å²) in [6.07, 6.45) is 1.08. The second-order valence-electron chi connectivity index (χ2n) is 4.81. The third-order valence-corrected chi connectivity index (χ3v) is 3.32. The SMILES string of the molecule is CCNC(COC(C)C)Cc1c(Cl)c(C)nn1C. The summed E-state index contributed by atoms with van der Waals surface area (Å²) in [5, 5.41) is 8.53. The lowest BCUT2D eigenvalue weighted by Gasteiger charge is -2.19. The summed E-state index contributed by atoms with van der Waals surface area (Å²) < 4.78 is 7.54. The van der Waals surface area contributed by atoms with E-state index in [-0.39, 0.29) is 12.1 Å². The summed E-state index contributed by atoms with van der Waals surface area (Å²) in [6, 6.07) is 0.268. The molecule has 1 unspecified atom stereocenters. The number of aromatic nitrogens is 2. The van der Waals surface area contributed by atoms with Crippen LogP contribution in [0.15, 0.2) is 0 Å². The van der Waals surface area contributed by atoms with E-state index in [0.29, 0.717) is 6.61 Å². The zero-order valence-electron chi connectivity index (χ0n) is 12.0. The molecule has 1 heterocycles. The van der Waals surface area contributed by atoms with Gasteiger partial charge in [-0.2, -0.15) is 5.10 Å². The number of aryl methyl sites for hydroxylation is 2. The number of likely N-dealkylation sites (N-methyl/N-ethyl adjacent to an activating group) is 1. The van der Waals surface area contributed by atoms with Gasteiger partial charge < -0.3 is 10.1 Å². The maximum atomic E-state index is 6.27. The van der Waals surface area contributed by atoms with Crippen LogP contribution in [0.1, 0.15) is 32.2 Å². The van der Waals surface area contributed by atoms with Crippen molar-refractivity contribution in [3.8, 4) is 0 Å². The molecule has 104 valence electrons. The standard InChI is InChI=1S/C13H24ClN3O/c1-6-15-11(8-18-9(2)3)7-12-13(14)10(4)16-17(12)5/h9,11,15H,6-8H2,1-5H3. The molecule has 1 aromatic rings. The summed E-state index contributed by atoms with van der Waals surface area (Å²) in [4.78, 5) is 0. The highest BCUT2D eigenvalue weighted by atomic mass is 35.5. The van der Waals surface area contributed by atoms with Crippen molar-refractivity contribution in [2.75, 3.05) is 13.2 Å². The van der Waals surface area contributed by atoms with E-state index in [9.17, 15) is 0 Å². The largest absolute Gasteiger partial charge is 0.377 e. The minimum atomic E-state index is 0.245. The number of hydrogen-bond donors (Lipinski definition) is 1. The predicted octanol–water partition coefficient (Wildman–Crippen LogP) is 2.33. The first-order chi connectivity index (χ1) is 8.45. The molecule has 18 heavy (non-hydrogen) atoms. The van der Waals surface area contributed by atoms with Gasteiger partial charge in [0.2, 0.25) is 0 Å². The number of rotatable bonds is 7. The second-order valence-corrected chi connectivity index (χ2v) is 5.19. The monoisotopic (exact) mass is 273 g/mol. The zero-order chi connectivity index (χ0) is 13.7. The maximum Gasteiger partial charge on any atom is 0.0847 e. The van der Waals surface area contributed by atoms with E-state index in [1.807, 2.05) is 32.5 Å². The van der Waals surface area contributed by atoms with E-state index in [4.69, 9.17) is 16.3 Å². The molecule has 0 aliphatic carbocycles. The highest BCUT2D eigenvalue weighted by Gasteiger charge is 2.17. The van der Waals surface area contributed by atoms with E-state index in [2.05, 4.69) is 17.3 Å². The fourth-order valence-electron chi connectivity index (χ4n) is 1.92. The second kappa shape index (κ2) is 7.12. The Morgan fingerprint density at radius 2 is 2.11 bits per heavy atom. The van der Waals surface area contributed by atoms with Gasteiger partial charge in [0.25, 0.3) is 0 Å². The van der Waals surface area contributed by atoms with Gasteiger partial charge in [0, 0.05) is 19.5 Å². The van der Waals surface area contributed by atoms with Crippen LogP contribution in [0.3, 0.4) is 0 Å². The molecule has 0 amide bonds. The number of nitrogens with one attached hydrogen (secondary N) is 1. The van der Waals surface area contributed by atoms with Gasteiger partial charge in [-0.15, -0.1) is 0 Å². The number of halogens is 1. The van der Waals surface area contributed by atoms with Crippen molar-refractivity contribution in [2.24, 2.45) is 7.05 Å². The van der Waals surface area contributed by atoms with Crippen molar-refractivity contribution < 1.29 is 4.74 Å². The fourth-order valence-corrected chi connectivity index (χ4v) is 2.16. The highest BCUT2D eigenvalue weighted by molar-refractivity contribution is 6.31. The Labute approximate surface area is 115 Å². The molecule has 0 spiro atoms. The van der Waals surface area contributed by atoms with E-state index < -0.39 is 0 Å². The Kier molecular flexibility index (Phi) is 6.12. The first-order valence-corrected chi connectivity index (χ1v) is 6.86. The number of hydrogen-bond acceptors (Lipinski definition) is 3. The summed E-state index contributed by atoms with van der Waals surface area (Å²) >= 11 is 6.27. The van der Waals surface area contributed by atoms with Gasteiger partial charge in [-0.3, -0.25) is 4.68 Å². The Bertz CT molecular complexity index is 377. The van der Waals surface area contributed by atoms with Gasteiger partial charge in [-0.25, -0.2) is 0 Å². The molecule has 1 aromatic heterocycles. The quantitative estimate of drug-likeness (QED) is 0.829. The van der Waals surface area contributed by atoms with Crippen LogP contribution in [-0.2, 0) is 18.2 Å². The molecule has 4 nitrogen and oxygen atoms in total. The topological polar surface area (TPSA) is 39.1 Å². The van der Waals surface area contributed by atoms with Gasteiger partial charge in [0.15, 0.2) is 0 Å². The summed E-state index contributed by atoms with van der Waals surface area (Å²) in [5.74, 6) is 0. The van der Waals surface area contributed by atoms with Gasteiger partial charge >= 0.3 is 0 Å². The number of ether oxygens (including phenoxy) is 1. The summed E-state index contributed by atoms with van der Waals surface area (Å²) in [6.45, 7) is 9.72. The average Bonchev–Trinajstić information content (AvgIpc) is 2.53. The van der Waals surface area contributed by atoms with Gasteiger partial charge in [0.05, 0.1) is 29.1 Å². The molecule has 1 rings (SSSR count). The van der Waals surface area contributed by atoms with Crippen LogP contribution in [-0.4, -0.2) is 35.1 Å². The Morgan fingerprint density at radius 1 is 1.44 bits per heavy atom. The lowest BCUT2D eigenvalue weighted by atomic mass is 10.1. The average molecular weight is 274 g/mol. The van der Waals surface area contributed by atoms with Crippen molar-refractivity contribution in [3.05, 3.63) is 16.4 Å². The third-order valence-electron chi connectivity index (χ3n) is 2.82. The molecule has 0 radical (unpaired) electrons. The highest BCUT2D eigenvalue weighted by Crippen LogP contribution is 2.20. The van der Waals surface area contributed by atoms with Crippen LogP contribution < -0.4 is 5.32 Å². The lowest BCUT2D eigenvalue weighted by molar-refractivity contribution is 0.0612. The maximum absolute atomic E-state index is 6.27. The first-order valence-electron chi connectivity index (χ1n) is 6.48. The lowest BCUT2D eigenvalue weighted by Crippen LogP contribution is -2.36. The molecule has 5 heteroatoms. The normalized spacial score (nSPS) is 13.3. The molecule has 0 aliphatic heterocycles. The molecule has 1 atom stereocenters. The van der Waals surface area contributed by atoms with Crippen molar-refractivity contribution >= 4 is 11.6 Å². The van der Waals surface area contributed by atoms with Crippen molar-refractivity contribution in [2.45, 2.75) is 46.3 Å². The van der Waals surface area contributed by atoms with Crippen LogP contribution in [0.25, 0.3) is 0 Å².